The second-order valence-electron chi connectivity index (χ2n) is 12.4. The number of halogens is 2. The van der Waals surface area contributed by atoms with E-state index >= 15 is 0 Å². The molecule has 6 rings (SSSR count). The van der Waals surface area contributed by atoms with E-state index in [1.165, 1.54) is 35.2 Å². The van der Waals surface area contributed by atoms with Gasteiger partial charge in [0.05, 0.1) is 50.6 Å². The van der Waals surface area contributed by atoms with Crippen molar-refractivity contribution < 1.29 is 29.0 Å². The molecule has 10 nitrogen and oxygen atoms in total. The minimum atomic E-state index is -1.35. The van der Waals surface area contributed by atoms with Gasteiger partial charge in [0.1, 0.15) is 12.4 Å². The number of rotatable bonds is 10. The molecule has 0 aromatic heterocycles. The molecule has 0 atom stereocenters. The van der Waals surface area contributed by atoms with Crippen molar-refractivity contribution in [2.24, 2.45) is 0 Å². The molecular weight excluding hydrogens is 691 g/mol. The van der Waals surface area contributed by atoms with Gasteiger partial charge >= 0.3 is 5.97 Å². The summed E-state index contributed by atoms with van der Waals surface area (Å²) in [6.45, 7) is 2.14. The second kappa shape index (κ2) is 15.7. The van der Waals surface area contributed by atoms with E-state index in [-0.39, 0.29) is 62.6 Å². The van der Waals surface area contributed by atoms with Gasteiger partial charge < -0.3 is 24.5 Å². The molecule has 2 aliphatic heterocycles. The van der Waals surface area contributed by atoms with Gasteiger partial charge in [0.25, 0.3) is 17.7 Å². The summed E-state index contributed by atoms with van der Waals surface area (Å²) < 4.78 is 6.19. The van der Waals surface area contributed by atoms with Crippen molar-refractivity contribution in [3.63, 3.8) is 0 Å². The van der Waals surface area contributed by atoms with Crippen LogP contribution in [-0.4, -0.2) is 64.8 Å². The van der Waals surface area contributed by atoms with Gasteiger partial charge in [-0.1, -0.05) is 53.5 Å². The summed E-state index contributed by atoms with van der Waals surface area (Å²) in [5.41, 5.74) is 1.51. The molecule has 2 heterocycles. The lowest BCUT2D eigenvalue weighted by Gasteiger charge is -2.29. The minimum Gasteiger partial charge on any atom is -0.489 e. The Bertz CT molecular complexity index is 2040. The van der Waals surface area contributed by atoms with Crippen LogP contribution in [0.5, 0.6) is 5.75 Å². The third-order valence-corrected chi connectivity index (χ3v) is 9.78. The molecule has 0 unspecified atom stereocenters. The fourth-order valence-electron chi connectivity index (χ4n) is 6.40. The highest BCUT2D eigenvalue weighted by Gasteiger charge is 2.33. The van der Waals surface area contributed by atoms with Crippen LogP contribution >= 0.6 is 23.2 Å². The zero-order valence-corrected chi connectivity index (χ0v) is 29.1. The van der Waals surface area contributed by atoms with Gasteiger partial charge in [-0.15, -0.1) is 0 Å². The molecule has 4 aromatic rings. The summed E-state index contributed by atoms with van der Waals surface area (Å²) in [5, 5.41) is 19.6. The summed E-state index contributed by atoms with van der Waals surface area (Å²) in [4.78, 5) is 58.9. The summed E-state index contributed by atoms with van der Waals surface area (Å²) in [7, 11) is 0. The Morgan fingerprint density at radius 3 is 2.00 bits per heavy atom. The largest absolute Gasteiger partial charge is 0.489 e. The lowest BCUT2D eigenvalue weighted by molar-refractivity contribution is 0.0694. The van der Waals surface area contributed by atoms with E-state index in [0.29, 0.717) is 37.5 Å². The first-order valence-corrected chi connectivity index (χ1v) is 17.4. The maximum atomic E-state index is 14.7. The number of benzene rings is 4. The minimum absolute atomic E-state index is 0.0374. The van der Waals surface area contributed by atoms with Crippen molar-refractivity contribution in [2.75, 3.05) is 31.1 Å². The summed E-state index contributed by atoms with van der Waals surface area (Å²) in [5.74, 6) is -2.31. The highest BCUT2D eigenvalue weighted by Crippen LogP contribution is 2.38. The first-order chi connectivity index (χ1) is 24.7. The molecule has 12 heteroatoms. The number of anilines is 1. The van der Waals surface area contributed by atoms with Crippen LogP contribution in [-0.2, 0) is 13.2 Å². The molecule has 51 heavy (non-hydrogen) atoms. The number of hydrogen-bond donors (Lipinski definition) is 1. The zero-order chi connectivity index (χ0) is 36.1. The van der Waals surface area contributed by atoms with Crippen LogP contribution in [0.2, 0.25) is 10.0 Å². The highest BCUT2D eigenvalue weighted by molar-refractivity contribution is 6.38. The SMILES string of the molecule is N#Cc1ccc(OCc2ccccc2)c(CN(C(=O)c2ccc(C(=O)N3CCCC3)c(Cl)c2)c2c(C(=O)N3CCCC3)ccc(C(=O)O)c2Cl)c1. The predicted molar refractivity (Wildman–Crippen MR) is 193 cm³/mol. The van der Waals surface area contributed by atoms with Crippen molar-refractivity contribution in [2.45, 2.75) is 38.8 Å². The number of ether oxygens (including phenoxy) is 1. The number of aromatic carboxylic acids is 1. The molecule has 3 amide bonds. The van der Waals surface area contributed by atoms with Crippen LogP contribution in [0.4, 0.5) is 5.69 Å². The zero-order valence-electron chi connectivity index (χ0n) is 27.6. The predicted octanol–water partition coefficient (Wildman–Crippen LogP) is 7.46. The van der Waals surface area contributed by atoms with Crippen molar-refractivity contribution >= 4 is 52.6 Å². The fourth-order valence-corrected chi connectivity index (χ4v) is 7.01. The van der Waals surface area contributed by atoms with Crippen LogP contribution in [0.15, 0.2) is 78.9 Å². The Morgan fingerprint density at radius 2 is 1.39 bits per heavy atom. The van der Waals surface area contributed by atoms with Gasteiger partial charge in [-0.3, -0.25) is 14.4 Å². The number of carbonyl (C=O) groups is 4. The number of carboxylic acids is 1. The van der Waals surface area contributed by atoms with Crippen molar-refractivity contribution in [1.29, 1.82) is 5.26 Å². The Morgan fingerprint density at radius 1 is 0.784 bits per heavy atom. The number of nitriles is 1. The molecule has 4 aromatic carbocycles. The normalized spacial score (nSPS) is 13.9. The summed E-state index contributed by atoms with van der Waals surface area (Å²) in [6.07, 6.45) is 3.39. The Hall–Kier alpha value is -5.37. The summed E-state index contributed by atoms with van der Waals surface area (Å²) >= 11 is 13.5. The number of carbonyl (C=O) groups excluding carboxylic acids is 3. The Kier molecular flexibility index (Phi) is 10.9. The van der Waals surface area contributed by atoms with E-state index in [1.807, 2.05) is 30.3 Å². The molecule has 260 valence electrons. The molecule has 2 saturated heterocycles. The smallest absolute Gasteiger partial charge is 0.337 e. The third kappa shape index (κ3) is 7.70. The average molecular weight is 726 g/mol. The first-order valence-electron chi connectivity index (χ1n) is 16.6. The number of amides is 3. The van der Waals surface area contributed by atoms with Crippen molar-refractivity contribution in [3.05, 3.63) is 128 Å². The van der Waals surface area contributed by atoms with E-state index in [0.717, 1.165) is 31.2 Å². The molecule has 2 aliphatic rings. The standard InChI is InChI=1S/C39H34Cl2N4O6/c40-32-21-27(11-12-29(32)37(47)43-16-4-5-17-43)36(46)45(23-28-20-26(22-42)10-15-33(28)51-24-25-8-2-1-3-9-25)35-31(38(48)44-18-6-7-19-44)14-13-30(34(35)41)39(49)50/h1-3,8-15,20-21H,4-7,16-19,23-24H2,(H,49,50). The number of likely N-dealkylation sites (tertiary alicyclic amines) is 2. The van der Waals surface area contributed by atoms with Crippen LogP contribution in [0.25, 0.3) is 0 Å². The van der Waals surface area contributed by atoms with Gasteiger partial charge in [-0.25, -0.2) is 4.79 Å². The van der Waals surface area contributed by atoms with Crippen LogP contribution < -0.4 is 9.64 Å². The van der Waals surface area contributed by atoms with Crippen molar-refractivity contribution in [3.8, 4) is 11.8 Å². The molecule has 0 bridgehead atoms. The van der Waals surface area contributed by atoms with Gasteiger partial charge in [-0.2, -0.15) is 5.26 Å². The van der Waals surface area contributed by atoms with Gasteiger partial charge in [0, 0.05) is 37.3 Å². The van der Waals surface area contributed by atoms with Gasteiger partial charge in [-0.05, 0) is 79.8 Å². The maximum absolute atomic E-state index is 14.7. The molecular formula is C39H34Cl2N4O6. The molecule has 1 N–H and O–H groups in total. The monoisotopic (exact) mass is 724 g/mol. The van der Waals surface area contributed by atoms with Gasteiger partial charge in [0.2, 0.25) is 0 Å². The Labute approximate surface area is 305 Å². The lowest BCUT2D eigenvalue weighted by atomic mass is 10.0. The second-order valence-corrected chi connectivity index (χ2v) is 13.2. The van der Waals surface area contributed by atoms with Gasteiger partial charge in [0.15, 0.2) is 0 Å². The molecule has 0 aliphatic carbocycles. The number of carboxylic acid groups (broad SMARTS) is 1. The van der Waals surface area contributed by atoms with E-state index in [9.17, 15) is 29.5 Å². The molecule has 0 spiro atoms. The van der Waals surface area contributed by atoms with Crippen LogP contribution in [0, 0.1) is 11.3 Å². The number of hydrogen-bond acceptors (Lipinski definition) is 6. The molecule has 2 fully saturated rings. The molecule has 0 radical (unpaired) electrons. The quantitative estimate of drug-likeness (QED) is 0.180. The van der Waals surface area contributed by atoms with Crippen LogP contribution in [0.3, 0.4) is 0 Å². The van der Waals surface area contributed by atoms with E-state index < -0.39 is 17.8 Å². The first kappa shape index (κ1) is 35.5. The fraction of sp³-hybridized carbons (Fsp3) is 0.256. The topological polar surface area (TPSA) is 131 Å². The lowest BCUT2D eigenvalue weighted by Crippen LogP contribution is -2.35. The third-order valence-electron chi connectivity index (χ3n) is 9.08. The molecule has 0 saturated carbocycles. The van der Waals surface area contributed by atoms with E-state index in [1.54, 1.807) is 28.0 Å². The van der Waals surface area contributed by atoms with E-state index in [2.05, 4.69) is 6.07 Å². The highest BCUT2D eigenvalue weighted by atomic mass is 35.5. The Balaban J connectivity index is 1.48. The van der Waals surface area contributed by atoms with E-state index in [4.69, 9.17) is 27.9 Å². The van der Waals surface area contributed by atoms with Crippen molar-refractivity contribution in [1.82, 2.24) is 9.80 Å². The summed E-state index contributed by atoms with van der Waals surface area (Å²) in [6, 6.07) is 23.3. The average Bonchev–Trinajstić information content (AvgIpc) is 3.89. The number of nitrogens with zero attached hydrogens (tertiary/aromatic N) is 4. The maximum Gasteiger partial charge on any atom is 0.337 e. The van der Waals surface area contributed by atoms with Crippen LogP contribution in [0.1, 0.15) is 83.8 Å².